The first-order chi connectivity index (χ1) is 11.1. The quantitative estimate of drug-likeness (QED) is 0.911. The van der Waals surface area contributed by atoms with Crippen LogP contribution in [-0.2, 0) is 6.54 Å². The van der Waals surface area contributed by atoms with E-state index in [9.17, 15) is 15.0 Å². The molecule has 0 spiro atoms. The van der Waals surface area contributed by atoms with Crippen LogP contribution in [0.25, 0.3) is 11.1 Å². The van der Waals surface area contributed by atoms with Crippen molar-refractivity contribution in [2.75, 3.05) is 13.1 Å². The molecule has 1 fully saturated rings. The largest absolute Gasteiger partial charge is 0.478 e. The molecule has 0 aliphatic carbocycles. The van der Waals surface area contributed by atoms with Gasteiger partial charge in [-0.3, -0.25) is 4.90 Å². The summed E-state index contributed by atoms with van der Waals surface area (Å²) in [4.78, 5) is 13.6. The van der Waals surface area contributed by atoms with E-state index in [1.807, 2.05) is 36.4 Å². The second-order valence-electron chi connectivity index (χ2n) is 6.08. The molecule has 0 unspecified atom stereocenters. The minimum absolute atomic E-state index is 0.217. The summed E-state index contributed by atoms with van der Waals surface area (Å²) in [6.07, 6.45) is 1.71. The highest BCUT2D eigenvalue weighted by molar-refractivity contribution is 5.95. The molecule has 1 atom stereocenters. The van der Waals surface area contributed by atoms with Crippen molar-refractivity contribution < 1.29 is 15.0 Å². The fraction of sp³-hybridized carbons (Fsp3) is 0.316. The maximum absolute atomic E-state index is 11.3. The van der Waals surface area contributed by atoms with Crippen molar-refractivity contribution in [3.8, 4) is 11.1 Å². The van der Waals surface area contributed by atoms with Gasteiger partial charge in [-0.25, -0.2) is 4.79 Å². The molecule has 23 heavy (non-hydrogen) atoms. The average Bonchev–Trinajstić information content (AvgIpc) is 2.55. The smallest absolute Gasteiger partial charge is 0.336 e. The number of likely N-dealkylation sites (tertiary alicyclic amines) is 1. The van der Waals surface area contributed by atoms with Crippen molar-refractivity contribution in [1.82, 2.24) is 4.90 Å². The van der Waals surface area contributed by atoms with Gasteiger partial charge in [0.25, 0.3) is 0 Å². The number of hydrogen-bond donors (Lipinski definition) is 2. The molecule has 2 N–H and O–H groups in total. The van der Waals surface area contributed by atoms with Gasteiger partial charge in [0.2, 0.25) is 0 Å². The lowest BCUT2D eigenvalue weighted by atomic mass is 9.98. The summed E-state index contributed by atoms with van der Waals surface area (Å²) in [5, 5.41) is 19.0. The number of aliphatic hydroxyl groups excluding tert-OH is 1. The molecule has 0 radical (unpaired) electrons. The van der Waals surface area contributed by atoms with E-state index in [-0.39, 0.29) is 6.10 Å². The summed E-state index contributed by atoms with van der Waals surface area (Å²) in [6.45, 7) is 2.56. The SMILES string of the molecule is O=C(O)c1ccccc1-c1ccc(CN2CCC[C@H](O)C2)cc1. The average molecular weight is 311 g/mol. The van der Waals surface area contributed by atoms with Gasteiger partial charge in [0.05, 0.1) is 11.7 Å². The van der Waals surface area contributed by atoms with Crippen LogP contribution in [0.5, 0.6) is 0 Å². The number of hydrogen-bond acceptors (Lipinski definition) is 3. The van der Waals surface area contributed by atoms with E-state index >= 15 is 0 Å². The Labute approximate surface area is 136 Å². The Balaban J connectivity index is 1.76. The van der Waals surface area contributed by atoms with Gasteiger partial charge in [0.1, 0.15) is 0 Å². The van der Waals surface area contributed by atoms with Crippen LogP contribution < -0.4 is 0 Å². The first-order valence-electron chi connectivity index (χ1n) is 7.95. The van der Waals surface area contributed by atoms with Crippen LogP contribution in [0, 0.1) is 0 Å². The molecule has 3 rings (SSSR count). The van der Waals surface area contributed by atoms with Gasteiger partial charge in [-0.1, -0.05) is 42.5 Å². The number of benzene rings is 2. The molecular weight excluding hydrogens is 290 g/mol. The third-order valence-electron chi connectivity index (χ3n) is 4.31. The molecule has 0 aromatic heterocycles. The van der Waals surface area contributed by atoms with E-state index in [0.29, 0.717) is 5.56 Å². The number of carbonyl (C=O) groups is 1. The number of β-amino-alcohol motifs (C(OH)–C–C–N with tert-alkyl or cyclic N) is 1. The molecule has 2 aromatic rings. The number of aliphatic hydroxyl groups is 1. The minimum atomic E-state index is -0.910. The standard InChI is InChI=1S/C19H21NO3/c21-16-4-3-11-20(13-16)12-14-7-9-15(10-8-14)17-5-1-2-6-18(17)19(22)23/h1-2,5-10,16,21H,3-4,11-13H2,(H,22,23)/t16-/m0/s1. The molecule has 4 heteroatoms. The van der Waals surface area contributed by atoms with E-state index < -0.39 is 5.97 Å². The van der Waals surface area contributed by atoms with Crippen molar-refractivity contribution in [2.45, 2.75) is 25.5 Å². The van der Waals surface area contributed by atoms with Crippen molar-refractivity contribution in [2.24, 2.45) is 0 Å². The molecule has 1 heterocycles. The fourth-order valence-electron chi connectivity index (χ4n) is 3.14. The van der Waals surface area contributed by atoms with Gasteiger partial charge < -0.3 is 10.2 Å². The molecule has 0 bridgehead atoms. The number of aromatic carboxylic acids is 1. The third-order valence-corrected chi connectivity index (χ3v) is 4.31. The van der Waals surface area contributed by atoms with Gasteiger partial charge in [0.15, 0.2) is 0 Å². The monoisotopic (exact) mass is 311 g/mol. The Morgan fingerprint density at radius 3 is 2.57 bits per heavy atom. The highest BCUT2D eigenvalue weighted by Gasteiger charge is 2.17. The molecule has 0 amide bonds. The van der Waals surface area contributed by atoms with Crippen molar-refractivity contribution in [3.05, 3.63) is 59.7 Å². The fourth-order valence-corrected chi connectivity index (χ4v) is 3.14. The van der Waals surface area contributed by atoms with Crippen LogP contribution in [0.2, 0.25) is 0 Å². The summed E-state index contributed by atoms with van der Waals surface area (Å²) in [5.41, 5.74) is 3.14. The number of carboxylic acids is 1. The van der Waals surface area contributed by atoms with E-state index in [0.717, 1.165) is 43.6 Å². The number of piperidine rings is 1. The zero-order valence-electron chi connectivity index (χ0n) is 13.0. The Morgan fingerprint density at radius 2 is 1.87 bits per heavy atom. The van der Waals surface area contributed by atoms with Crippen LogP contribution in [0.1, 0.15) is 28.8 Å². The molecule has 2 aromatic carbocycles. The number of rotatable bonds is 4. The molecule has 120 valence electrons. The molecule has 1 saturated heterocycles. The topological polar surface area (TPSA) is 60.8 Å². The molecule has 1 aliphatic rings. The normalized spacial score (nSPS) is 18.7. The van der Waals surface area contributed by atoms with Crippen LogP contribution in [0.15, 0.2) is 48.5 Å². The third kappa shape index (κ3) is 3.78. The predicted octanol–water partition coefficient (Wildman–Crippen LogP) is 3.01. The zero-order chi connectivity index (χ0) is 16.2. The van der Waals surface area contributed by atoms with E-state index in [2.05, 4.69) is 4.90 Å². The lowest BCUT2D eigenvalue weighted by Crippen LogP contribution is -2.37. The maximum Gasteiger partial charge on any atom is 0.336 e. The summed E-state index contributed by atoms with van der Waals surface area (Å²) >= 11 is 0. The van der Waals surface area contributed by atoms with Crippen molar-refractivity contribution in [1.29, 1.82) is 0 Å². The summed E-state index contributed by atoms with van der Waals surface area (Å²) < 4.78 is 0. The first-order valence-corrected chi connectivity index (χ1v) is 7.95. The summed E-state index contributed by atoms with van der Waals surface area (Å²) in [7, 11) is 0. The van der Waals surface area contributed by atoms with E-state index in [4.69, 9.17) is 0 Å². The summed E-state index contributed by atoms with van der Waals surface area (Å²) in [5.74, 6) is -0.910. The second-order valence-corrected chi connectivity index (χ2v) is 6.08. The Hall–Kier alpha value is -2.17. The lowest BCUT2D eigenvalue weighted by molar-refractivity contribution is 0.0668. The van der Waals surface area contributed by atoms with Gasteiger partial charge >= 0.3 is 5.97 Å². The number of carboxylic acid groups (broad SMARTS) is 1. The number of nitrogens with zero attached hydrogens (tertiary/aromatic N) is 1. The lowest BCUT2D eigenvalue weighted by Gasteiger charge is -2.30. The van der Waals surface area contributed by atoms with Crippen LogP contribution >= 0.6 is 0 Å². The van der Waals surface area contributed by atoms with Gasteiger partial charge in [-0.15, -0.1) is 0 Å². The molecule has 1 aliphatic heterocycles. The minimum Gasteiger partial charge on any atom is -0.478 e. The Morgan fingerprint density at radius 1 is 1.13 bits per heavy atom. The van der Waals surface area contributed by atoms with Crippen LogP contribution in [0.3, 0.4) is 0 Å². The Kier molecular flexibility index (Phi) is 4.74. The molecule has 0 saturated carbocycles. The van der Waals surface area contributed by atoms with Gasteiger partial charge in [0, 0.05) is 13.1 Å². The van der Waals surface area contributed by atoms with Crippen LogP contribution in [0.4, 0.5) is 0 Å². The van der Waals surface area contributed by atoms with Crippen molar-refractivity contribution in [3.63, 3.8) is 0 Å². The van der Waals surface area contributed by atoms with E-state index in [1.54, 1.807) is 12.1 Å². The van der Waals surface area contributed by atoms with Gasteiger partial charge in [-0.05, 0) is 42.1 Å². The van der Waals surface area contributed by atoms with Crippen molar-refractivity contribution >= 4 is 5.97 Å². The van der Waals surface area contributed by atoms with Crippen LogP contribution in [-0.4, -0.2) is 40.3 Å². The highest BCUT2D eigenvalue weighted by Crippen LogP contribution is 2.24. The molecule has 4 nitrogen and oxygen atoms in total. The van der Waals surface area contributed by atoms with E-state index in [1.165, 1.54) is 5.56 Å². The summed E-state index contributed by atoms with van der Waals surface area (Å²) in [6, 6.07) is 15.1. The Bertz CT molecular complexity index is 681. The maximum atomic E-state index is 11.3. The second kappa shape index (κ2) is 6.94. The predicted molar refractivity (Wildman–Crippen MR) is 89.4 cm³/mol. The van der Waals surface area contributed by atoms with Gasteiger partial charge in [-0.2, -0.15) is 0 Å². The zero-order valence-corrected chi connectivity index (χ0v) is 13.0. The molecular formula is C19H21NO3. The highest BCUT2D eigenvalue weighted by atomic mass is 16.4. The first kappa shape index (κ1) is 15.7.